The third-order valence-corrected chi connectivity index (χ3v) is 2.73. The van der Waals surface area contributed by atoms with Crippen molar-refractivity contribution in [2.45, 2.75) is 13.1 Å². The number of nitrogens with one attached hydrogen (secondary N) is 2. The van der Waals surface area contributed by atoms with Crippen LogP contribution in [0.2, 0.25) is 0 Å². The first-order valence-corrected chi connectivity index (χ1v) is 5.27. The zero-order valence-corrected chi connectivity index (χ0v) is 8.77. The van der Waals surface area contributed by atoms with Crippen molar-refractivity contribution in [3.63, 3.8) is 0 Å². The smallest absolute Gasteiger partial charge is 0.115 e. The average molecular weight is 212 g/mol. The van der Waals surface area contributed by atoms with Crippen LogP contribution in [0, 0.1) is 0 Å². The summed E-state index contributed by atoms with van der Waals surface area (Å²) in [5.74, 6) is 0. The van der Waals surface area contributed by atoms with Crippen molar-refractivity contribution in [3.05, 3.63) is 48.0 Å². The number of hydrogen-bond donors (Lipinski definition) is 2. The SMILES string of the molecule is c1cc2c(c(Nc3cncnc3)c1)CNC2. The van der Waals surface area contributed by atoms with Gasteiger partial charge in [0.1, 0.15) is 6.33 Å². The first-order valence-electron chi connectivity index (χ1n) is 5.27. The highest BCUT2D eigenvalue weighted by molar-refractivity contribution is 5.64. The molecular weight excluding hydrogens is 200 g/mol. The summed E-state index contributed by atoms with van der Waals surface area (Å²) in [5, 5.41) is 6.68. The Morgan fingerprint density at radius 1 is 1.12 bits per heavy atom. The molecule has 0 saturated carbocycles. The molecule has 2 N–H and O–H groups in total. The van der Waals surface area contributed by atoms with Crippen LogP contribution in [0.4, 0.5) is 11.4 Å². The van der Waals surface area contributed by atoms with Crippen LogP contribution in [0.15, 0.2) is 36.9 Å². The van der Waals surface area contributed by atoms with Gasteiger partial charge >= 0.3 is 0 Å². The Balaban J connectivity index is 1.94. The topological polar surface area (TPSA) is 49.8 Å². The highest BCUT2D eigenvalue weighted by Gasteiger charge is 2.13. The lowest BCUT2D eigenvalue weighted by molar-refractivity contribution is 0.765. The van der Waals surface area contributed by atoms with Crippen LogP contribution in [-0.4, -0.2) is 9.97 Å². The lowest BCUT2D eigenvalue weighted by Gasteiger charge is -2.09. The van der Waals surface area contributed by atoms with Crippen molar-refractivity contribution in [2.24, 2.45) is 0 Å². The summed E-state index contributed by atoms with van der Waals surface area (Å²) >= 11 is 0. The Hall–Kier alpha value is -1.94. The van der Waals surface area contributed by atoms with Gasteiger partial charge in [0, 0.05) is 18.8 Å². The minimum atomic E-state index is 0.919. The molecule has 1 aliphatic rings. The fourth-order valence-corrected chi connectivity index (χ4v) is 1.97. The molecule has 0 fully saturated rings. The van der Waals surface area contributed by atoms with Crippen molar-refractivity contribution >= 4 is 11.4 Å². The number of fused-ring (bicyclic) bond motifs is 1. The van der Waals surface area contributed by atoms with Crippen LogP contribution in [-0.2, 0) is 13.1 Å². The molecule has 3 rings (SSSR count). The van der Waals surface area contributed by atoms with Crippen LogP contribution in [0.25, 0.3) is 0 Å². The molecule has 0 spiro atoms. The van der Waals surface area contributed by atoms with E-state index in [1.165, 1.54) is 17.5 Å². The predicted molar refractivity (Wildman–Crippen MR) is 62.3 cm³/mol. The van der Waals surface area contributed by atoms with Gasteiger partial charge in [0.25, 0.3) is 0 Å². The largest absolute Gasteiger partial charge is 0.353 e. The van der Waals surface area contributed by atoms with E-state index in [2.05, 4.69) is 38.8 Å². The molecule has 2 aromatic rings. The Morgan fingerprint density at radius 2 is 2.00 bits per heavy atom. The highest BCUT2D eigenvalue weighted by Crippen LogP contribution is 2.26. The molecule has 2 heterocycles. The Kier molecular flexibility index (Phi) is 2.27. The van der Waals surface area contributed by atoms with E-state index in [9.17, 15) is 0 Å². The molecule has 0 atom stereocenters. The lowest BCUT2D eigenvalue weighted by Crippen LogP contribution is -2.01. The Labute approximate surface area is 93.8 Å². The van der Waals surface area contributed by atoms with E-state index in [1.54, 1.807) is 12.4 Å². The maximum absolute atomic E-state index is 3.99. The fraction of sp³-hybridized carbons (Fsp3) is 0.167. The number of benzene rings is 1. The molecule has 0 unspecified atom stereocenters. The number of rotatable bonds is 2. The number of aromatic nitrogens is 2. The standard InChI is InChI=1S/C12H12N4/c1-2-9-4-13-7-11(9)12(3-1)16-10-5-14-8-15-6-10/h1-3,5-6,8,13,16H,4,7H2. The average Bonchev–Trinajstić information content (AvgIpc) is 2.80. The van der Waals surface area contributed by atoms with E-state index in [0.717, 1.165) is 24.5 Å². The van der Waals surface area contributed by atoms with E-state index in [-0.39, 0.29) is 0 Å². The van der Waals surface area contributed by atoms with E-state index in [0.29, 0.717) is 0 Å². The number of nitrogens with zero attached hydrogens (tertiary/aromatic N) is 2. The van der Waals surface area contributed by atoms with Crippen molar-refractivity contribution in [1.82, 2.24) is 15.3 Å². The summed E-state index contributed by atoms with van der Waals surface area (Å²) in [6, 6.07) is 6.30. The van der Waals surface area contributed by atoms with E-state index in [1.807, 2.05) is 0 Å². The predicted octanol–water partition coefficient (Wildman–Crippen LogP) is 1.82. The molecule has 4 heteroatoms. The first kappa shape index (κ1) is 9.30. The van der Waals surface area contributed by atoms with Crippen molar-refractivity contribution in [1.29, 1.82) is 0 Å². The minimum absolute atomic E-state index is 0.919. The quantitative estimate of drug-likeness (QED) is 0.797. The summed E-state index contributed by atoms with van der Waals surface area (Å²) in [6.45, 7) is 1.88. The molecular formula is C12H12N4. The molecule has 0 amide bonds. The molecule has 0 bridgehead atoms. The minimum Gasteiger partial charge on any atom is -0.353 e. The molecule has 0 aliphatic carbocycles. The third-order valence-electron chi connectivity index (χ3n) is 2.73. The Morgan fingerprint density at radius 3 is 2.88 bits per heavy atom. The van der Waals surface area contributed by atoms with Crippen molar-refractivity contribution in [3.8, 4) is 0 Å². The fourth-order valence-electron chi connectivity index (χ4n) is 1.97. The normalized spacial score (nSPS) is 13.5. The van der Waals surface area contributed by atoms with Gasteiger partial charge in [0.2, 0.25) is 0 Å². The summed E-state index contributed by atoms with van der Waals surface area (Å²) < 4.78 is 0. The molecule has 0 saturated heterocycles. The van der Waals surface area contributed by atoms with E-state index < -0.39 is 0 Å². The van der Waals surface area contributed by atoms with Gasteiger partial charge in [0.15, 0.2) is 0 Å². The van der Waals surface area contributed by atoms with Crippen molar-refractivity contribution in [2.75, 3.05) is 5.32 Å². The van der Waals surface area contributed by atoms with Gasteiger partial charge < -0.3 is 10.6 Å². The molecule has 0 radical (unpaired) electrons. The van der Waals surface area contributed by atoms with Gasteiger partial charge in [-0.2, -0.15) is 0 Å². The second-order valence-electron chi connectivity index (χ2n) is 3.80. The molecule has 1 aromatic heterocycles. The second-order valence-corrected chi connectivity index (χ2v) is 3.80. The summed E-state index contributed by atoms with van der Waals surface area (Å²) in [4.78, 5) is 7.97. The van der Waals surface area contributed by atoms with Crippen LogP contribution >= 0.6 is 0 Å². The van der Waals surface area contributed by atoms with Gasteiger partial charge in [-0.3, -0.25) is 0 Å². The number of hydrogen-bond acceptors (Lipinski definition) is 4. The van der Waals surface area contributed by atoms with Gasteiger partial charge in [-0.15, -0.1) is 0 Å². The van der Waals surface area contributed by atoms with Crippen LogP contribution in [0.1, 0.15) is 11.1 Å². The molecule has 16 heavy (non-hydrogen) atoms. The monoisotopic (exact) mass is 212 g/mol. The summed E-state index contributed by atoms with van der Waals surface area (Å²) in [5.41, 5.74) is 4.76. The first-order chi connectivity index (χ1) is 7.93. The maximum Gasteiger partial charge on any atom is 0.115 e. The highest BCUT2D eigenvalue weighted by atomic mass is 15.0. The zero-order chi connectivity index (χ0) is 10.8. The van der Waals surface area contributed by atoms with E-state index in [4.69, 9.17) is 0 Å². The second kappa shape index (κ2) is 3.90. The van der Waals surface area contributed by atoms with Crippen molar-refractivity contribution < 1.29 is 0 Å². The molecule has 1 aliphatic heterocycles. The van der Waals surface area contributed by atoms with Gasteiger partial charge in [-0.25, -0.2) is 9.97 Å². The Bertz CT molecular complexity index is 496. The summed E-state index contributed by atoms with van der Waals surface area (Å²) in [6.07, 6.45) is 5.08. The van der Waals surface area contributed by atoms with Crippen LogP contribution in [0.3, 0.4) is 0 Å². The lowest BCUT2D eigenvalue weighted by atomic mass is 10.1. The summed E-state index contributed by atoms with van der Waals surface area (Å²) in [7, 11) is 0. The molecule has 80 valence electrons. The van der Waals surface area contributed by atoms with Gasteiger partial charge in [-0.05, 0) is 17.2 Å². The number of anilines is 2. The van der Waals surface area contributed by atoms with E-state index >= 15 is 0 Å². The zero-order valence-electron chi connectivity index (χ0n) is 8.77. The molecule has 4 nitrogen and oxygen atoms in total. The third kappa shape index (κ3) is 1.63. The molecule has 1 aromatic carbocycles. The van der Waals surface area contributed by atoms with Crippen LogP contribution < -0.4 is 10.6 Å². The van der Waals surface area contributed by atoms with Gasteiger partial charge in [0.05, 0.1) is 18.1 Å². The van der Waals surface area contributed by atoms with Crippen LogP contribution in [0.5, 0.6) is 0 Å². The van der Waals surface area contributed by atoms with Gasteiger partial charge in [-0.1, -0.05) is 12.1 Å². The maximum atomic E-state index is 3.99.